The Morgan fingerprint density at radius 2 is 2.00 bits per heavy atom. The third-order valence-corrected chi connectivity index (χ3v) is 2.26. The van der Waals surface area contributed by atoms with E-state index < -0.39 is 0 Å². The normalized spacial score (nSPS) is 16.3. The van der Waals surface area contributed by atoms with E-state index in [1.165, 1.54) is 0 Å². The fraction of sp³-hybridized carbons (Fsp3) is 0.875. The Morgan fingerprint density at radius 3 is 2.40 bits per heavy atom. The minimum absolute atomic E-state index is 0. The molecule has 92 valence electrons. The second kappa shape index (κ2) is 9.03. The lowest BCUT2D eigenvalue weighted by Gasteiger charge is -2.30. The molecule has 0 aromatic carbocycles. The largest absolute Gasteiger partial charge is 0.450 e. The lowest BCUT2D eigenvalue weighted by Crippen LogP contribution is -2.47. The average Bonchev–Trinajstić information content (AvgIpc) is 2.18. The van der Waals surface area contributed by atoms with Crippen LogP contribution in [0.3, 0.4) is 0 Å². The molecule has 1 rings (SSSR count). The van der Waals surface area contributed by atoms with E-state index in [0.29, 0.717) is 12.6 Å². The third-order valence-electron chi connectivity index (χ3n) is 2.26. The molecule has 1 fully saturated rings. The highest BCUT2D eigenvalue weighted by molar-refractivity contribution is 5.85. The van der Waals surface area contributed by atoms with Gasteiger partial charge in [-0.05, 0) is 19.8 Å². The number of carbonyl (C=O) groups excluding carboxylic acids is 1. The molecule has 0 spiro atoms. The summed E-state index contributed by atoms with van der Waals surface area (Å²) >= 11 is 0. The van der Waals surface area contributed by atoms with Gasteiger partial charge in [0.05, 0.1) is 6.61 Å². The van der Waals surface area contributed by atoms with E-state index >= 15 is 0 Å². The van der Waals surface area contributed by atoms with Gasteiger partial charge in [-0.1, -0.05) is 0 Å². The maximum absolute atomic E-state index is 11.2. The summed E-state index contributed by atoms with van der Waals surface area (Å²) in [6, 6.07) is 0.339. The first-order chi connectivity index (χ1) is 6.27. The highest BCUT2D eigenvalue weighted by Gasteiger charge is 2.22. The van der Waals surface area contributed by atoms with Crippen molar-refractivity contribution in [3.8, 4) is 0 Å². The van der Waals surface area contributed by atoms with E-state index in [4.69, 9.17) is 10.6 Å². The number of piperidine rings is 1. The van der Waals surface area contributed by atoms with Gasteiger partial charge in [-0.25, -0.2) is 4.79 Å². The van der Waals surface area contributed by atoms with Crippen molar-refractivity contribution in [2.75, 3.05) is 19.7 Å². The van der Waals surface area contributed by atoms with Crippen LogP contribution >= 0.6 is 24.8 Å². The molecule has 15 heavy (non-hydrogen) atoms. The average molecular weight is 260 g/mol. The topological polar surface area (TPSA) is 67.6 Å². The molecule has 0 unspecified atom stereocenters. The van der Waals surface area contributed by atoms with Crippen molar-refractivity contribution >= 4 is 30.9 Å². The fourth-order valence-electron chi connectivity index (χ4n) is 1.44. The van der Waals surface area contributed by atoms with Crippen LogP contribution in [-0.2, 0) is 4.74 Å². The van der Waals surface area contributed by atoms with Gasteiger partial charge in [0.1, 0.15) is 0 Å². The first-order valence-corrected chi connectivity index (χ1v) is 4.65. The Balaban J connectivity index is 0. The Bertz CT molecular complexity index is 175. The number of nitrogens with two attached hydrogens (primary N) is 1. The molecule has 1 amide bonds. The van der Waals surface area contributed by atoms with E-state index in [1.54, 1.807) is 4.90 Å². The van der Waals surface area contributed by atoms with E-state index in [9.17, 15) is 4.79 Å². The van der Waals surface area contributed by atoms with Crippen molar-refractivity contribution in [1.82, 2.24) is 10.3 Å². The Morgan fingerprint density at radius 1 is 1.47 bits per heavy atom. The first kappa shape index (κ1) is 17.2. The number of ether oxygens (including phenoxy) is 1. The summed E-state index contributed by atoms with van der Waals surface area (Å²) in [6.45, 7) is 3.71. The Labute approximate surface area is 102 Å². The molecule has 5 nitrogen and oxygen atoms in total. The van der Waals surface area contributed by atoms with Crippen molar-refractivity contribution in [3.63, 3.8) is 0 Å². The van der Waals surface area contributed by atoms with Crippen molar-refractivity contribution in [3.05, 3.63) is 0 Å². The van der Waals surface area contributed by atoms with E-state index in [1.807, 2.05) is 6.92 Å². The zero-order chi connectivity index (χ0) is 9.68. The van der Waals surface area contributed by atoms with E-state index in [2.05, 4.69) is 5.43 Å². The summed E-state index contributed by atoms with van der Waals surface area (Å²) in [6.07, 6.45) is 1.59. The third kappa shape index (κ3) is 5.41. The fourth-order valence-corrected chi connectivity index (χ4v) is 1.44. The van der Waals surface area contributed by atoms with Crippen molar-refractivity contribution < 1.29 is 9.53 Å². The molecule has 7 heteroatoms. The minimum atomic E-state index is -0.210. The SMILES string of the molecule is CCOC(=O)N1CCC(NN)CC1.Cl.Cl. The molecule has 0 aromatic heterocycles. The van der Waals surface area contributed by atoms with Gasteiger partial charge >= 0.3 is 6.09 Å². The van der Waals surface area contributed by atoms with Crippen LogP contribution in [0.1, 0.15) is 19.8 Å². The van der Waals surface area contributed by atoms with E-state index in [0.717, 1.165) is 25.9 Å². The lowest BCUT2D eigenvalue weighted by atomic mass is 10.1. The van der Waals surface area contributed by atoms with Crippen LogP contribution in [0.2, 0.25) is 0 Å². The summed E-state index contributed by atoms with van der Waals surface area (Å²) in [5.41, 5.74) is 2.72. The highest BCUT2D eigenvalue weighted by Crippen LogP contribution is 2.10. The monoisotopic (exact) mass is 259 g/mol. The number of carbonyl (C=O) groups is 1. The minimum Gasteiger partial charge on any atom is -0.450 e. The number of hydrazine groups is 1. The summed E-state index contributed by atoms with van der Waals surface area (Å²) in [4.78, 5) is 13.0. The molecule has 3 N–H and O–H groups in total. The zero-order valence-corrected chi connectivity index (χ0v) is 10.4. The van der Waals surface area contributed by atoms with Crippen molar-refractivity contribution in [1.29, 1.82) is 0 Å². The molecule has 1 saturated heterocycles. The predicted molar refractivity (Wildman–Crippen MR) is 63.4 cm³/mol. The van der Waals surface area contributed by atoms with Crippen molar-refractivity contribution in [2.45, 2.75) is 25.8 Å². The smallest absolute Gasteiger partial charge is 0.409 e. The van der Waals surface area contributed by atoms with Crippen LogP contribution in [-0.4, -0.2) is 36.7 Å². The second-order valence-corrected chi connectivity index (χ2v) is 3.13. The second-order valence-electron chi connectivity index (χ2n) is 3.13. The molecular formula is C8H19Cl2N3O2. The van der Waals surface area contributed by atoms with Crippen LogP contribution in [0.5, 0.6) is 0 Å². The number of halogens is 2. The number of amides is 1. The molecule has 1 aliphatic rings. The number of likely N-dealkylation sites (tertiary alicyclic amines) is 1. The Hall–Kier alpha value is -0.230. The summed E-state index contributed by atoms with van der Waals surface area (Å²) in [5, 5.41) is 0. The van der Waals surface area contributed by atoms with Crippen molar-refractivity contribution in [2.24, 2.45) is 5.84 Å². The summed E-state index contributed by atoms with van der Waals surface area (Å²) < 4.78 is 4.89. The van der Waals surface area contributed by atoms with Gasteiger partial charge in [0.25, 0.3) is 0 Å². The number of hydrogen-bond donors (Lipinski definition) is 2. The van der Waals surface area contributed by atoms with Crippen LogP contribution in [0, 0.1) is 0 Å². The number of hydrogen-bond acceptors (Lipinski definition) is 4. The van der Waals surface area contributed by atoms with Gasteiger partial charge in [-0.2, -0.15) is 0 Å². The predicted octanol–water partition coefficient (Wildman–Crippen LogP) is 0.914. The maximum atomic E-state index is 11.2. The Kier molecular flexibility index (Phi) is 10.3. The molecule has 1 aliphatic heterocycles. The van der Waals surface area contributed by atoms with Gasteiger partial charge in [0.15, 0.2) is 0 Å². The molecule has 1 heterocycles. The molecule has 0 bridgehead atoms. The quantitative estimate of drug-likeness (QED) is 0.572. The molecule has 0 atom stereocenters. The van der Waals surface area contributed by atoms with E-state index in [-0.39, 0.29) is 30.9 Å². The number of nitrogens with zero attached hydrogens (tertiary/aromatic N) is 1. The zero-order valence-electron chi connectivity index (χ0n) is 8.77. The van der Waals surface area contributed by atoms with Gasteiger partial charge in [-0.15, -0.1) is 24.8 Å². The van der Waals surface area contributed by atoms with Crippen LogP contribution in [0.25, 0.3) is 0 Å². The van der Waals surface area contributed by atoms with Crippen LogP contribution in [0.4, 0.5) is 4.79 Å². The van der Waals surface area contributed by atoms with Gasteiger partial charge < -0.3 is 9.64 Å². The molecular weight excluding hydrogens is 241 g/mol. The summed E-state index contributed by atoms with van der Waals surface area (Å²) in [5.74, 6) is 5.30. The van der Waals surface area contributed by atoms with Gasteiger partial charge in [0.2, 0.25) is 0 Å². The summed E-state index contributed by atoms with van der Waals surface area (Å²) in [7, 11) is 0. The van der Waals surface area contributed by atoms with Crippen LogP contribution in [0.15, 0.2) is 0 Å². The maximum Gasteiger partial charge on any atom is 0.409 e. The number of nitrogens with one attached hydrogen (secondary N) is 1. The number of rotatable bonds is 2. The van der Waals surface area contributed by atoms with Gasteiger partial charge in [0, 0.05) is 19.1 Å². The first-order valence-electron chi connectivity index (χ1n) is 4.65. The highest BCUT2D eigenvalue weighted by atomic mass is 35.5. The standard InChI is InChI=1S/C8H17N3O2.2ClH/c1-2-13-8(12)11-5-3-7(10-9)4-6-11;;/h7,10H,2-6,9H2,1H3;2*1H. The molecule has 0 aromatic rings. The van der Waals surface area contributed by atoms with Gasteiger partial charge in [-0.3, -0.25) is 11.3 Å². The molecule has 0 aliphatic carbocycles. The lowest BCUT2D eigenvalue weighted by molar-refractivity contribution is 0.0951. The molecule has 0 saturated carbocycles. The molecule has 0 radical (unpaired) electrons. The van der Waals surface area contributed by atoms with Crippen LogP contribution < -0.4 is 11.3 Å².